The zero-order valence-electron chi connectivity index (χ0n) is 20.6. The molecule has 2 aromatic rings. The predicted molar refractivity (Wildman–Crippen MR) is 151 cm³/mol. The Morgan fingerprint density at radius 2 is 0.889 bits per heavy atom. The molecule has 0 saturated heterocycles. The molecule has 0 N–H and O–H groups in total. The van der Waals surface area contributed by atoms with E-state index >= 15 is 0 Å². The number of sulfonamides is 2. The summed E-state index contributed by atoms with van der Waals surface area (Å²) in [6.45, 7) is 0. The topological polar surface area (TPSA) is 74.8 Å². The van der Waals surface area contributed by atoms with Crippen LogP contribution in [0.25, 0.3) is 0 Å². The average Bonchev–Trinajstić information content (AvgIpc) is 2.88. The molecule has 0 unspecified atom stereocenters. The SMILES string of the molecule is O=S(=O)(Cc1ccccc1)N(SSN(C1CCCCC1)S(=O)(=O)Cc1ccccc1)C1CCCCC1. The van der Waals surface area contributed by atoms with Gasteiger partial charge in [-0.1, -0.05) is 99.2 Å². The van der Waals surface area contributed by atoms with E-state index in [1.54, 1.807) is 0 Å². The van der Waals surface area contributed by atoms with Crippen molar-refractivity contribution in [1.82, 2.24) is 7.42 Å². The third-order valence-electron chi connectivity index (χ3n) is 6.86. The van der Waals surface area contributed by atoms with E-state index < -0.39 is 20.0 Å². The Balaban J connectivity index is 1.57. The van der Waals surface area contributed by atoms with E-state index in [4.69, 9.17) is 0 Å². The van der Waals surface area contributed by atoms with Gasteiger partial charge in [0.25, 0.3) is 0 Å². The van der Waals surface area contributed by atoms with Crippen molar-refractivity contribution < 1.29 is 16.8 Å². The second kappa shape index (κ2) is 13.2. The highest BCUT2D eigenvalue weighted by atomic mass is 33.1. The third kappa shape index (κ3) is 7.74. The molecule has 2 aliphatic carbocycles. The first kappa shape index (κ1) is 28.0. The molecule has 4 rings (SSSR count). The molecule has 0 aromatic heterocycles. The third-order valence-corrected chi connectivity index (χ3v) is 14.4. The van der Waals surface area contributed by atoms with Crippen LogP contribution in [-0.4, -0.2) is 36.3 Å². The monoisotopic (exact) mass is 568 g/mol. The standard InChI is InChI=1S/C26H36N2O4S4/c29-35(30,21-23-13-5-1-6-14-23)27(25-17-9-3-10-18-25)33-34-28(26-19-11-4-12-20-26)36(31,32)22-24-15-7-2-8-16-24/h1-2,5-8,13-16,25-26H,3-4,9-12,17-22H2. The van der Waals surface area contributed by atoms with Crippen LogP contribution in [0.2, 0.25) is 0 Å². The van der Waals surface area contributed by atoms with Crippen molar-refractivity contribution >= 4 is 42.0 Å². The Morgan fingerprint density at radius 1 is 0.556 bits per heavy atom. The van der Waals surface area contributed by atoms with Crippen LogP contribution in [-0.2, 0) is 31.6 Å². The summed E-state index contributed by atoms with van der Waals surface area (Å²) in [4.78, 5) is 0. The van der Waals surface area contributed by atoms with Gasteiger partial charge in [0.05, 0.1) is 11.5 Å². The highest BCUT2D eigenvalue weighted by Gasteiger charge is 2.37. The molecule has 2 aliphatic rings. The molecule has 0 spiro atoms. The van der Waals surface area contributed by atoms with Gasteiger partial charge < -0.3 is 0 Å². The zero-order valence-corrected chi connectivity index (χ0v) is 23.8. The Morgan fingerprint density at radius 3 is 1.22 bits per heavy atom. The Bertz CT molecular complexity index is 1060. The maximum absolute atomic E-state index is 13.7. The highest BCUT2D eigenvalue weighted by Crippen LogP contribution is 2.43. The smallest absolute Gasteiger partial charge is 0.211 e. The number of rotatable bonds is 11. The number of hydrogen-bond acceptors (Lipinski definition) is 6. The maximum Gasteiger partial charge on any atom is 0.228 e. The summed E-state index contributed by atoms with van der Waals surface area (Å²) in [5.41, 5.74) is 1.48. The maximum atomic E-state index is 13.7. The fourth-order valence-corrected chi connectivity index (χ4v) is 13.0. The first-order chi connectivity index (χ1) is 17.4. The van der Waals surface area contributed by atoms with Crippen LogP contribution < -0.4 is 0 Å². The van der Waals surface area contributed by atoms with Crippen LogP contribution in [0.15, 0.2) is 60.7 Å². The van der Waals surface area contributed by atoms with Crippen LogP contribution in [0.5, 0.6) is 0 Å². The van der Waals surface area contributed by atoms with Crippen molar-refractivity contribution in [3.8, 4) is 0 Å². The molecule has 0 aliphatic heterocycles. The molecule has 36 heavy (non-hydrogen) atoms. The first-order valence-corrected chi connectivity index (χ1v) is 18.1. The van der Waals surface area contributed by atoms with Gasteiger partial charge in [-0.05, 0) is 36.8 Å². The lowest BCUT2D eigenvalue weighted by Crippen LogP contribution is -2.39. The summed E-state index contributed by atoms with van der Waals surface area (Å²) in [7, 11) is -5.10. The number of benzene rings is 2. The molecule has 0 radical (unpaired) electrons. The largest absolute Gasteiger partial charge is 0.228 e. The van der Waals surface area contributed by atoms with Gasteiger partial charge in [0, 0.05) is 34.0 Å². The first-order valence-electron chi connectivity index (χ1n) is 12.8. The minimum atomic E-state index is -3.65. The van der Waals surface area contributed by atoms with Crippen molar-refractivity contribution in [3.05, 3.63) is 71.8 Å². The summed E-state index contributed by atoms with van der Waals surface area (Å²) >= 11 is 0. The Hall–Kier alpha value is -1.04. The van der Waals surface area contributed by atoms with Crippen LogP contribution >= 0.6 is 22.0 Å². The van der Waals surface area contributed by atoms with Gasteiger partial charge in [-0.2, -0.15) is 0 Å². The molecule has 2 aromatic carbocycles. The van der Waals surface area contributed by atoms with Gasteiger partial charge in [0.1, 0.15) is 0 Å². The minimum absolute atomic E-state index is 0.0852. The van der Waals surface area contributed by atoms with E-state index in [2.05, 4.69) is 0 Å². The van der Waals surface area contributed by atoms with E-state index in [0.717, 1.165) is 97.3 Å². The van der Waals surface area contributed by atoms with Crippen LogP contribution in [0.3, 0.4) is 0 Å². The fourth-order valence-electron chi connectivity index (χ4n) is 5.02. The second-order valence-electron chi connectivity index (χ2n) is 9.73. The van der Waals surface area contributed by atoms with Gasteiger partial charge >= 0.3 is 0 Å². The van der Waals surface area contributed by atoms with E-state index in [1.807, 2.05) is 60.7 Å². The highest BCUT2D eigenvalue weighted by molar-refractivity contribution is 8.76. The molecule has 2 fully saturated rings. The second-order valence-corrected chi connectivity index (χ2v) is 15.9. The Kier molecular flexibility index (Phi) is 10.2. The average molecular weight is 569 g/mol. The molecule has 0 bridgehead atoms. The predicted octanol–water partition coefficient (Wildman–Crippen LogP) is 6.53. The molecule has 0 heterocycles. The summed E-state index contributed by atoms with van der Waals surface area (Å²) in [5, 5.41) is 0. The van der Waals surface area contributed by atoms with Crippen molar-refractivity contribution in [1.29, 1.82) is 0 Å². The van der Waals surface area contributed by atoms with Gasteiger partial charge in [-0.3, -0.25) is 0 Å². The lowest BCUT2D eigenvalue weighted by molar-refractivity contribution is 0.342. The van der Waals surface area contributed by atoms with Gasteiger partial charge in [0.2, 0.25) is 20.0 Å². The lowest BCUT2D eigenvalue weighted by Gasteiger charge is -2.35. The molecular formula is C26H36N2O4S4. The van der Waals surface area contributed by atoms with Crippen LogP contribution in [0, 0.1) is 0 Å². The normalized spacial score (nSPS) is 18.6. The van der Waals surface area contributed by atoms with E-state index in [1.165, 1.54) is 7.42 Å². The van der Waals surface area contributed by atoms with Crippen molar-refractivity contribution in [2.75, 3.05) is 0 Å². The van der Waals surface area contributed by atoms with Crippen LogP contribution in [0.1, 0.15) is 75.3 Å². The molecule has 0 atom stereocenters. The van der Waals surface area contributed by atoms with E-state index in [0.29, 0.717) is 0 Å². The number of hydrogen-bond donors (Lipinski definition) is 0. The fraction of sp³-hybridized carbons (Fsp3) is 0.538. The van der Waals surface area contributed by atoms with E-state index in [9.17, 15) is 16.8 Å². The molecule has 10 heteroatoms. The minimum Gasteiger partial charge on any atom is -0.211 e. The van der Waals surface area contributed by atoms with Crippen molar-refractivity contribution in [2.45, 2.75) is 87.8 Å². The van der Waals surface area contributed by atoms with Crippen LogP contribution in [0.4, 0.5) is 0 Å². The van der Waals surface area contributed by atoms with Crippen molar-refractivity contribution in [2.24, 2.45) is 0 Å². The summed E-state index contributed by atoms with van der Waals surface area (Å²) < 4.78 is 57.7. The molecule has 0 amide bonds. The molecule has 198 valence electrons. The molecular weight excluding hydrogens is 533 g/mol. The van der Waals surface area contributed by atoms with Crippen molar-refractivity contribution in [3.63, 3.8) is 0 Å². The van der Waals surface area contributed by atoms with Gasteiger partial charge in [-0.15, -0.1) is 7.42 Å². The lowest BCUT2D eigenvalue weighted by atomic mass is 9.96. The quantitative estimate of drug-likeness (QED) is 0.227. The van der Waals surface area contributed by atoms with Gasteiger partial charge in [0.15, 0.2) is 0 Å². The molecule has 6 nitrogen and oxygen atoms in total. The van der Waals surface area contributed by atoms with E-state index in [-0.39, 0.29) is 23.6 Å². The zero-order chi connectivity index (χ0) is 25.4. The summed E-state index contributed by atoms with van der Waals surface area (Å²) in [6.07, 6.45) is 9.42. The molecule has 2 saturated carbocycles. The number of nitrogens with zero attached hydrogens (tertiary/aromatic N) is 2. The Labute approximate surface area is 225 Å². The van der Waals surface area contributed by atoms with Gasteiger partial charge in [-0.25, -0.2) is 16.8 Å². The summed E-state index contributed by atoms with van der Waals surface area (Å²) in [5.74, 6) is -0.170. The summed E-state index contributed by atoms with van der Waals surface area (Å²) in [6, 6.07) is 18.2.